The molecule has 0 bridgehead atoms. The Morgan fingerprint density at radius 3 is 2.95 bits per heavy atom. The Balaban J connectivity index is 1.98. The number of hydrogen-bond acceptors (Lipinski definition) is 5. The highest BCUT2D eigenvalue weighted by Crippen LogP contribution is 2.20. The molecule has 1 aromatic carbocycles. The first kappa shape index (κ1) is 16.1. The summed E-state index contributed by atoms with van der Waals surface area (Å²) >= 11 is 0. The second kappa shape index (κ2) is 8.21. The van der Waals surface area contributed by atoms with Gasteiger partial charge in [-0.25, -0.2) is 9.97 Å². The lowest BCUT2D eigenvalue weighted by Crippen LogP contribution is -2.30. The first-order valence-electron chi connectivity index (χ1n) is 7.08. The molecule has 0 spiro atoms. The normalized spacial score (nSPS) is 10.5. The van der Waals surface area contributed by atoms with Gasteiger partial charge < -0.3 is 15.4 Å². The highest BCUT2D eigenvalue weighted by molar-refractivity contribution is 5.92. The van der Waals surface area contributed by atoms with Crippen molar-refractivity contribution in [3.63, 3.8) is 0 Å². The predicted octanol–water partition coefficient (Wildman–Crippen LogP) is 1.63. The molecule has 0 unspecified atom stereocenters. The molecule has 2 N–H and O–H groups in total. The summed E-state index contributed by atoms with van der Waals surface area (Å²) in [5, 5.41) is 5.86. The molecule has 0 fully saturated rings. The summed E-state index contributed by atoms with van der Waals surface area (Å²) in [5.41, 5.74) is 2.52. The van der Waals surface area contributed by atoms with Crippen molar-refractivity contribution < 1.29 is 9.53 Å². The quantitative estimate of drug-likeness (QED) is 0.760. The van der Waals surface area contributed by atoms with Crippen molar-refractivity contribution in [2.75, 3.05) is 32.1 Å². The maximum Gasteiger partial charge on any atom is 0.238 e. The van der Waals surface area contributed by atoms with Gasteiger partial charge in [-0.2, -0.15) is 0 Å². The fourth-order valence-corrected chi connectivity index (χ4v) is 1.95. The summed E-state index contributed by atoms with van der Waals surface area (Å²) in [6.07, 6.45) is 1.72. The average Bonchev–Trinajstić information content (AvgIpc) is 2.52. The number of carbonyl (C=O) groups excluding carboxylic acids is 1. The fourth-order valence-electron chi connectivity index (χ4n) is 1.95. The van der Waals surface area contributed by atoms with Crippen molar-refractivity contribution in [1.82, 2.24) is 15.3 Å². The van der Waals surface area contributed by atoms with Crippen molar-refractivity contribution in [1.29, 1.82) is 0 Å². The zero-order chi connectivity index (χ0) is 15.8. The van der Waals surface area contributed by atoms with Crippen LogP contribution in [0.25, 0.3) is 11.3 Å². The van der Waals surface area contributed by atoms with E-state index in [4.69, 9.17) is 4.74 Å². The van der Waals surface area contributed by atoms with Crippen LogP contribution in [0.3, 0.4) is 0 Å². The molecule has 22 heavy (non-hydrogen) atoms. The zero-order valence-electron chi connectivity index (χ0n) is 12.8. The Hall–Kier alpha value is -2.31. The molecule has 0 saturated carbocycles. The summed E-state index contributed by atoms with van der Waals surface area (Å²) in [5.74, 6) is 0.626. The molecule has 1 heterocycles. The van der Waals surface area contributed by atoms with Gasteiger partial charge in [0.05, 0.1) is 18.8 Å². The zero-order valence-corrected chi connectivity index (χ0v) is 12.8. The Kier molecular flexibility index (Phi) is 6.00. The van der Waals surface area contributed by atoms with E-state index >= 15 is 0 Å². The van der Waals surface area contributed by atoms with Gasteiger partial charge in [-0.05, 0) is 25.1 Å². The van der Waals surface area contributed by atoms with Gasteiger partial charge in [0.2, 0.25) is 5.91 Å². The molecule has 0 aliphatic carbocycles. The number of carbonyl (C=O) groups is 1. The van der Waals surface area contributed by atoms with Gasteiger partial charge in [-0.15, -0.1) is 0 Å². The van der Waals surface area contributed by atoms with Crippen molar-refractivity contribution >= 4 is 11.6 Å². The molecule has 6 heteroatoms. The van der Waals surface area contributed by atoms with Gasteiger partial charge in [0.1, 0.15) is 5.82 Å². The van der Waals surface area contributed by atoms with Gasteiger partial charge in [0, 0.05) is 31.1 Å². The van der Waals surface area contributed by atoms with Crippen LogP contribution < -0.4 is 10.6 Å². The lowest BCUT2D eigenvalue weighted by Gasteiger charge is -2.08. The number of anilines is 1. The van der Waals surface area contributed by atoms with Crippen LogP contribution in [0.15, 0.2) is 36.5 Å². The van der Waals surface area contributed by atoms with Crippen molar-refractivity contribution in [3.05, 3.63) is 42.4 Å². The fraction of sp³-hybridized carbons (Fsp3) is 0.312. The van der Waals surface area contributed by atoms with E-state index in [0.29, 0.717) is 19.0 Å². The van der Waals surface area contributed by atoms with Crippen LogP contribution in [0.2, 0.25) is 0 Å². The first-order valence-corrected chi connectivity index (χ1v) is 7.08. The summed E-state index contributed by atoms with van der Waals surface area (Å²) in [6.45, 7) is 3.32. The number of ether oxygens (including phenoxy) is 1. The Labute approximate surface area is 129 Å². The van der Waals surface area contributed by atoms with E-state index in [2.05, 4.69) is 20.6 Å². The molecule has 0 saturated heterocycles. The van der Waals surface area contributed by atoms with Gasteiger partial charge >= 0.3 is 0 Å². The van der Waals surface area contributed by atoms with Crippen LogP contribution in [0, 0.1) is 6.92 Å². The second-order valence-electron chi connectivity index (χ2n) is 4.79. The number of amides is 1. The van der Waals surface area contributed by atoms with E-state index in [1.54, 1.807) is 13.3 Å². The molecule has 0 radical (unpaired) electrons. The molecule has 6 nitrogen and oxygen atoms in total. The number of aromatic nitrogens is 2. The van der Waals surface area contributed by atoms with Gasteiger partial charge in [-0.1, -0.05) is 12.1 Å². The minimum atomic E-state index is -0.0906. The lowest BCUT2D eigenvalue weighted by molar-refractivity contribution is -0.115. The largest absolute Gasteiger partial charge is 0.383 e. The first-order chi connectivity index (χ1) is 10.7. The molecular formula is C16H20N4O2. The minimum Gasteiger partial charge on any atom is -0.383 e. The predicted molar refractivity (Wildman–Crippen MR) is 85.6 cm³/mol. The number of methoxy groups -OCH3 is 1. The molecule has 0 aliphatic heterocycles. The topological polar surface area (TPSA) is 76.1 Å². The van der Waals surface area contributed by atoms with Gasteiger partial charge in [0.25, 0.3) is 0 Å². The summed E-state index contributed by atoms with van der Waals surface area (Å²) < 4.78 is 4.91. The number of aryl methyl sites for hydroxylation is 1. The Bertz CT molecular complexity index is 631. The molecular weight excluding hydrogens is 280 g/mol. The second-order valence-corrected chi connectivity index (χ2v) is 4.79. The van der Waals surface area contributed by atoms with E-state index in [9.17, 15) is 4.79 Å². The molecule has 1 aromatic heterocycles. The SMILES string of the molecule is COCCNCC(=O)Nc1cccc(-c2ccnc(C)n2)c1. The van der Waals surface area contributed by atoms with Crippen LogP contribution in [0.1, 0.15) is 5.82 Å². The smallest absolute Gasteiger partial charge is 0.238 e. The maximum absolute atomic E-state index is 11.8. The van der Waals surface area contributed by atoms with E-state index in [-0.39, 0.29) is 12.5 Å². The van der Waals surface area contributed by atoms with E-state index in [1.807, 2.05) is 37.3 Å². The number of benzene rings is 1. The van der Waals surface area contributed by atoms with Crippen LogP contribution in [0.5, 0.6) is 0 Å². The summed E-state index contributed by atoms with van der Waals surface area (Å²) in [6, 6.07) is 9.44. The molecule has 2 rings (SSSR count). The van der Waals surface area contributed by atoms with Crippen molar-refractivity contribution in [2.45, 2.75) is 6.92 Å². The Morgan fingerprint density at radius 1 is 1.32 bits per heavy atom. The number of nitrogens with one attached hydrogen (secondary N) is 2. The Morgan fingerprint density at radius 2 is 2.18 bits per heavy atom. The highest BCUT2D eigenvalue weighted by atomic mass is 16.5. The summed E-state index contributed by atoms with van der Waals surface area (Å²) in [4.78, 5) is 20.3. The van der Waals surface area contributed by atoms with Gasteiger partial charge in [0.15, 0.2) is 0 Å². The van der Waals surface area contributed by atoms with Crippen LogP contribution in [0.4, 0.5) is 5.69 Å². The van der Waals surface area contributed by atoms with Gasteiger partial charge in [-0.3, -0.25) is 4.79 Å². The third kappa shape index (κ3) is 4.91. The van der Waals surface area contributed by atoms with Crippen LogP contribution in [-0.4, -0.2) is 42.7 Å². The van der Waals surface area contributed by atoms with Crippen LogP contribution in [-0.2, 0) is 9.53 Å². The molecule has 0 atom stereocenters. The summed E-state index contributed by atoms with van der Waals surface area (Å²) in [7, 11) is 1.63. The average molecular weight is 300 g/mol. The van der Waals surface area contributed by atoms with E-state index < -0.39 is 0 Å². The van der Waals surface area contributed by atoms with Crippen molar-refractivity contribution in [2.24, 2.45) is 0 Å². The van der Waals surface area contributed by atoms with Crippen molar-refractivity contribution in [3.8, 4) is 11.3 Å². The van der Waals surface area contributed by atoms with E-state index in [1.165, 1.54) is 0 Å². The number of rotatable bonds is 7. The third-order valence-electron chi connectivity index (χ3n) is 2.99. The van der Waals surface area contributed by atoms with Crippen LogP contribution >= 0.6 is 0 Å². The molecule has 1 amide bonds. The number of nitrogens with zero attached hydrogens (tertiary/aromatic N) is 2. The highest BCUT2D eigenvalue weighted by Gasteiger charge is 2.05. The standard InChI is InChI=1S/C16H20N4O2/c1-12-18-7-6-15(19-12)13-4-3-5-14(10-13)20-16(21)11-17-8-9-22-2/h3-7,10,17H,8-9,11H2,1-2H3,(H,20,21). The third-order valence-corrected chi connectivity index (χ3v) is 2.99. The van der Waals surface area contributed by atoms with E-state index in [0.717, 1.165) is 16.9 Å². The lowest BCUT2D eigenvalue weighted by atomic mass is 10.1. The maximum atomic E-state index is 11.8. The molecule has 0 aliphatic rings. The monoisotopic (exact) mass is 300 g/mol. The number of hydrogen-bond donors (Lipinski definition) is 2. The minimum absolute atomic E-state index is 0.0906. The molecule has 116 valence electrons. The molecule has 2 aromatic rings.